The van der Waals surface area contributed by atoms with Crippen molar-refractivity contribution in [2.75, 3.05) is 6.61 Å². The number of benzene rings is 1. The van der Waals surface area contributed by atoms with Crippen molar-refractivity contribution >= 4 is 23.2 Å². The third-order valence-corrected chi connectivity index (χ3v) is 5.00. The fourth-order valence-corrected chi connectivity index (χ4v) is 3.57. The van der Waals surface area contributed by atoms with E-state index in [9.17, 15) is 14.0 Å². The Labute approximate surface area is 147 Å². The molecule has 1 aromatic heterocycles. The van der Waals surface area contributed by atoms with Crippen LogP contribution in [0.15, 0.2) is 30.5 Å². The van der Waals surface area contributed by atoms with Gasteiger partial charge in [0.25, 0.3) is 5.91 Å². The molecule has 2 aromatic rings. The van der Waals surface area contributed by atoms with E-state index in [2.05, 4.69) is 10.3 Å². The summed E-state index contributed by atoms with van der Waals surface area (Å²) in [5, 5.41) is 12.5. The average molecular weight is 364 g/mol. The van der Waals surface area contributed by atoms with E-state index in [0.717, 1.165) is 17.8 Å². The van der Waals surface area contributed by atoms with Gasteiger partial charge in [0, 0.05) is 6.61 Å². The number of thiazole rings is 1. The van der Waals surface area contributed by atoms with Crippen molar-refractivity contribution in [1.82, 2.24) is 10.3 Å². The van der Waals surface area contributed by atoms with Crippen molar-refractivity contribution in [3.8, 4) is 0 Å². The van der Waals surface area contributed by atoms with Crippen molar-refractivity contribution in [2.24, 2.45) is 0 Å². The molecule has 1 aliphatic heterocycles. The van der Waals surface area contributed by atoms with Gasteiger partial charge in [-0.05, 0) is 30.5 Å². The molecular formula is C17H17FN2O4S. The summed E-state index contributed by atoms with van der Waals surface area (Å²) in [4.78, 5) is 28.2. The molecule has 1 amide bonds. The number of carbonyl (C=O) groups is 2. The van der Waals surface area contributed by atoms with Gasteiger partial charge in [0.05, 0.1) is 18.7 Å². The van der Waals surface area contributed by atoms with Gasteiger partial charge in [-0.1, -0.05) is 12.1 Å². The average Bonchev–Trinajstić information content (AvgIpc) is 3.26. The number of hydrogen-bond acceptors (Lipinski definition) is 5. The monoisotopic (exact) mass is 364 g/mol. The second-order valence-electron chi connectivity index (χ2n) is 5.74. The Kier molecular flexibility index (Phi) is 5.40. The van der Waals surface area contributed by atoms with Crippen LogP contribution in [0.4, 0.5) is 4.39 Å². The normalized spacial score (nSPS) is 18.0. The van der Waals surface area contributed by atoms with Crippen LogP contribution in [0.1, 0.15) is 51.7 Å². The summed E-state index contributed by atoms with van der Waals surface area (Å²) in [6, 6.07) is 4.65. The molecule has 2 heterocycles. The molecule has 8 heteroatoms. The molecule has 0 aliphatic carbocycles. The molecule has 25 heavy (non-hydrogen) atoms. The van der Waals surface area contributed by atoms with Crippen LogP contribution in [0.2, 0.25) is 0 Å². The first kappa shape index (κ1) is 17.5. The number of halogens is 1. The van der Waals surface area contributed by atoms with E-state index in [1.165, 1.54) is 41.8 Å². The van der Waals surface area contributed by atoms with E-state index < -0.39 is 23.7 Å². The summed E-state index contributed by atoms with van der Waals surface area (Å²) in [6.07, 6.45) is 2.95. The van der Waals surface area contributed by atoms with Gasteiger partial charge in [-0.3, -0.25) is 9.59 Å². The number of carboxylic acids is 1. The third kappa shape index (κ3) is 4.40. The maximum atomic E-state index is 13.1. The first-order valence-corrected chi connectivity index (χ1v) is 8.70. The number of aromatic nitrogens is 1. The van der Waals surface area contributed by atoms with Crippen molar-refractivity contribution < 1.29 is 23.8 Å². The fraction of sp³-hybridized carbons (Fsp3) is 0.353. The van der Waals surface area contributed by atoms with Gasteiger partial charge in [0.2, 0.25) is 0 Å². The van der Waals surface area contributed by atoms with E-state index in [1.54, 1.807) is 0 Å². The van der Waals surface area contributed by atoms with Gasteiger partial charge in [-0.2, -0.15) is 0 Å². The van der Waals surface area contributed by atoms with Crippen LogP contribution >= 0.6 is 11.3 Å². The van der Waals surface area contributed by atoms with Gasteiger partial charge in [-0.25, -0.2) is 9.37 Å². The number of carbonyl (C=O) groups excluding carboxylic acids is 1. The molecule has 3 rings (SSSR count). The molecule has 0 bridgehead atoms. The minimum atomic E-state index is -1.06. The molecule has 2 unspecified atom stereocenters. The summed E-state index contributed by atoms with van der Waals surface area (Å²) in [5.74, 6) is -1.89. The lowest BCUT2D eigenvalue weighted by molar-refractivity contribution is -0.137. The lowest BCUT2D eigenvalue weighted by Gasteiger charge is -2.17. The molecule has 1 fully saturated rings. The van der Waals surface area contributed by atoms with E-state index in [0.29, 0.717) is 17.0 Å². The molecule has 1 aliphatic rings. The smallest absolute Gasteiger partial charge is 0.305 e. The molecule has 1 aromatic carbocycles. The van der Waals surface area contributed by atoms with Gasteiger partial charge in [-0.15, -0.1) is 11.3 Å². The third-order valence-electron chi connectivity index (χ3n) is 3.91. The number of nitrogens with one attached hydrogen (secondary N) is 1. The minimum Gasteiger partial charge on any atom is -0.481 e. The zero-order valence-electron chi connectivity index (χ0n) is 13.3. The van der Waals surface area contributed by atoms with Crippen LogP contribution in [-0.2, 0) is 9.53 Å². The van der Waals surface area contributed by atoms with Crippen molar-refractivity contribution in [2.45, 2.75) is 31.4 Å². The first-order chi connectivity index (χ1) is 12.0. The number of nitrogens with zero attached hydrogens (tertiary/aromatic N) is 1. The SMILES string of the molecule is O=C(O)CC(NC(=O)c1cnc(C2CCCO2)s1)c1ccc(F)cc1. The van der Waals surface area contributed by atoms with Gasteiger partial charge < -0.3 is 15.2 Å². The minimum absolute atomic E-state index is 0.0709. The Morgan fingerprint density at radius 3 is 2.80 bits per heavy atom. The Morgan fingerprint density at radius 2 is 2.16 bits per heavy atom. The highest BCUT2D eigenvalue weighted by Gasteiger charge is 2.24. The van der Waals surface area contributed by atoms with E-state index in [4.69, 9.17) is 9.84 Å². The van der Waals surface area contributed by atoms with Crippen molar-refractivity contribution in [3.63, 3.8) is 0 Å². The zero-order valence-corrected chi connectivity index (χ0v) is 14.1. The standard InChI is InChI=1S/C17H17FN2O4S/c18-11-5-3-10(4-6-11)12(8-15(21)22)20-16(23)14-9-19-17(25-14)13-2-1-7-24-13/h3-6,9,12-13H,1-2,7-8H2,(H,20,23)(H,21,22). The quantitative estimate of drug-likeness (QED) is 0.822. The van der Waals surface area contributed by atoms with Gasteiger partial charge in [0.1, 0.15) is 21.8 Å². The second-order valence-corrected chi connectivity index (χ2v) is 6.80. The highest BCUT2D eigenvalue weighted by atomic mass is 32.1. The highest BCUT2D eigenvalue weighted by Crippen LogP contribution is 2.31. The highest BCUT2D eigenvalue weighted by molar-refractivity contribution is 7.13. The zero-order chi connectivity index (χ0) is 17.8. The Balaban J connectivity index is 1.73. The number of amides is 1. The second kappa shape index (κ2) is 7.71. The molecule has 2 atom stereocenters. The summed E-state index contributed by atoms with van der Waals surface area (Å²) in [6.45, 7) is 0.691. The van der Waals surface area contributed by atoms with Gasteiger partial charge >= 0.3 is 5.97 Å². The molecule has 132 valence electrons. The fourth-order valence-electron chi connectivity index (χ4n) is 2.67. The first-order valence-electron chi connectivity index (χ1n) is 7.88. The number of rotatable bonds is 6. The Morgan fingerprint density at radius 1 is 1.40 bits per heavy atom. The Bertz CT molecular complexity index is 756. The summed E-state index contributed by atoms with van der Waals surface area (Å²) < 4.78 is 18.6. The van der Waals surface area contributed by atoms with Crippen molar-refractivity contribution in [3.05, 3.63) is 51.7 Å². The number of aliphatic carboxylic acids is 1. The van der Waals surface area contributed by atoms with Crippen LogP contribution in [0.5, 0.6) is 0 Å². The molecule has 1 saturated heterocycles. The molecule has 0 spiro atoms. The summed E-state index contributed by atoms with van der Waals surface area (Å²) in [5.41, 5.74) is 0.529. The summed E-state index contributed by atoms with van der Waals surface area (Å²) >= 11 is 1.24. The number of carboxylic acid groups (broad SMARTS) is 1. The molecule has 6 nitrogen and oxygen atoms in total. The van der Waals surface area contributed by atoms with Crippen LogP contribution in [0, 0.1) is 5.82 Å². The van der Waals surface area contributed by atoms with Crippen LogP contribution in [-0.4, -0.2) is 28.6 Å². The predicted octanol–water partition coefficient (Wildman–Crippen LogP) is 3.08. The number of hydrogen-bond donors (Lipinski definition) is 2. The maximum absolute atomic E-state index is 13.1. The maximum Gasteiger partial charge on any atom is 0.305 e. The molecular weight excluding hydrogens is 347 g/mol. The van der Waals surface area contributed by atoms with Crippen LogP contribution < -0.4 is 5.32 Å². The van der Waals surface area contributed by atoms with E-state index in [-0.39, 0.29) is 12.5 Å². The van der Waals surface area contributed by atoms with E-state index >= 15 is 0 Å². The lowest BCUT2D eigenvalue weighted by Crippen LogP contribution is -2.29. The topological polar surface area (TPSA) is 88.5 Å². The van der Waals surface area contributed by atoms with Crippen LogP contribution in [0.3, 0.4) is 0 Å². The van der Waals surface area contributed by atoms with Crippen molar-refractivity contribution in [1.29, 1.82) is 0 Å². The Hall–Kier alpha value is -2.32. The van der Waals surface area contributed by atoms with Crippen LogP contribution in [0.25, 0.3) is 0 Å². The summed E-state index contributed by atoms with van der Waals surface area (Å²) in [7, 11) is 0. The van der Waals surface area contributed by atoms with E-state index in [1.807, 2.05) is 0 Å². The number of ether oxygens (including phenoxy) is 1. The van der Waals surface area contributed by atoms with Gasteiger partial charge in [0.15, 0.2) is 0 Å². The predicted molar refractivity (Wildman–Crippen MR) is 88.9 cm³/mol. The largest absolute Gasteiger partial charge is 0.481 e. The lowest BCUT2D eigenvalue weighted by atomic mass is 10.0. The molecule has 2 N–H and O–H groups in total. The molecule has 0 saturated carbocycles. The molecule has 0 radical (unpaired) electrons.